The number of aryl methyl sites for hydroxylation is 2. The van der Waals surface area contributed by atoms with Crippen molar-refractivity contribution in [2.45, 2.75) is 27.7 Å². The van der Waals surface area contributed by atoms with Crippen LogP contribution in [-0.2, 0) is 0 Å². The Hall–Kier alpha value is -1.20. The van der Waals surface area contributed by atoms with Crippen LogP contribution in [0.2, 0.25) is 0 Å². The van der Waals surface area contributed by atoms with Crippen LogP contribution in [0, 0.1) is 19.8 Å². The van der Waals surface area contributed by atoms with Crippen molar-refractivity contribution in [2.75, 3.05) is 24.5 Å². The highest BCUT2D eigenvalue weighted by Gasteiger charge is 2.17. The maximum atomic E-state index is 5.75. The SMILES string of the molecule is Cc1sc2ncnc(N(CCN)CC(C)C)c2c1C. The van der Waals surface area contributed by atoms with E-state index in [9.17, 15) is 0 Å². The van der Waals surface area contributed by atoms with Crippen molar-refractivity contribution >= 4 is 27.4 Å². The van der Waals surface area contributed by atoms with Gasteiger partial charge in [0.2, 0.25) is 0 Å². The van der Waals surface area contributed by atoms with E-state index in [2.05, 4.69) is 42.6 Å². The molecule has 2 aromatic heterocycles. The van der Waals surface area contributed by atoms with Crippen molar-refractivity contribution in [3.63, 3.8) is 0 Å². The second kappa shape index (κ2) is 5.84. The first-order chi connectivity index (χ1) is 9.04. The normalized spacial score (nSPS) is 11.5. The zero-order valence-corrected chi connectivity index (χ0v) is 12.9. The monoisotopic (exact) mass is 278 g/mol. The molecule has 2 rings (SSSR count). The molecule has 0 saturated heterocycles. The first-order valence-electron chi connectivity index (χ1n) is 6.70. The van der Waals surface area contributed by atoms with Gasteiger partial charge in [0, 0.05) is 24.5 Å². The van der Waals surface area contributed by atoms with Crippen molar-refractivity contribution in [3.05, 3.63) is 16.8 Å². The van der Waals surface area contributed by atoms with Gasteiger partial charge in [-0.3, -0.25) is 0 Å². The predicted molar refractivity (Wildman–Crippen MR) is 83.0 cm³/mol. The minimum absolute atomic E-state index is 0.580. The van der Waals surface area contributed by atoms with E-state index in [0.29, 0.717) is 12.5 Å². The van der Waals surface area contributed by atoms with Crippen LogP contribution in [-0.4, -0.2) is 29.6 Å². The predicted octanol–water partition coefficient (Wildman–Crippen LogP) is 2.73. The molecule has 0 aliphatic heterocycles. The Bertz CT molecular complexity index is 562. The summed E-state index contributed by atoms with van der Waals surface area (Å²) >= 11 is 1.74. The van der Waals surface area contributed by atoms with Gasteiger partial charge in [0.15, 0.2) is 0 Å². The summed E-state index contributed by atoms with van der Waals surface area (Å²) in [5.41, 5.74) is 7.04. The molecule has 2 N–H and O–H groups in total. The molecule has 0 fully saturated rings. The fourth-order valence-corrected chi connectivity index (χ4v) is 3.28. The number of fused-ring (bicyclic) bond motifs is 1. The molecule has 4 nitrogen and oxygen atoms in total. The number of anilines is 1. The lowest BCUT2D eigenvalue weighted by atomic mass is 10.1. The zero-order chi connectivity index (χ0) is 14.0. The molecule has 0 atom stereocenters. The summed E-state index contributed by atoms with van der Waals surface area (Å²) < 4.78 is 0. The van der Waals surface area contributed by atoms with Gasteiger partial charge in [0.25, 0.3) is 0 Å². The van der Waals surface area contributed by atoms with Crippen molar-refractivity contribution in [1.29, 1.82) is 0 Å². The Morgan fingerprint density at radius 3 is 2.68 bits per heavy atom. The average molecular weight is 278 g/mol. The minimum Gasteiger partial charge on any atom is -0.354 e. The third-order valence-corrected chi connectivity index (χ3v) is 4.34. The second-order valence-electron chi connectivity index (χ2n) is 5.29. The number of hydrogen-bond acceptors (Lipinski definition) is 5. The third kappa shape index (κ3) is 2.87. The van der Waals surface area contributed by atoms with Gasteiger partial charge in [-0.1, -0.05) is 13.8 Å². The van der Waals surface area contributed by atoms with Crippen molar-refractivity contribution < 1.29 is 0 Å². The highest BCUT2D eigenvalue weighted by molar-refractivity contribution is 7.18. The summed E-state index contributed by atoms with van der Waals surface area (Å²) in [6.45, 7) is 11.2. The molecular weight excluding hydrogens is 256 g/mol. The Kier molecular flexibility index (Phi) is 4.37. The lowest BCUT2D eigenvalue weighted by molar-refractivity contribution is 0.608. The van der Waals surface area contributed by atoms with Crippen molar-refractivity contribution in [1.82, 2.24) is 9.97 Å². The van der Waals surface area contributed by atoms with E-state index in [1.54, 1.807) is 17.7 Å². The van der Waals surface area contributed by atoms with Crippen LogP contribution in [0.15, 0.2) is 6.33 Å². The zero-order valence-electron chi connectivity index (χ0n) is 12.1. The summed E-state index contributed by atoms with van der Waals surface area (Å²) in [5, 5.41) is 1.19. The Morgan fingerprint density at radius 2 is 2.05 bits per heavy atom. The summed E-state index contributed by atoms with van der Waals surface area (Å²) in [6.07, 6.45) is 1.66. The van der Waals surface area contributed by atoms with Crippen molar-refractivity contribution in [3.8, 4) is 0 Å². The van der Waals surface area contributed by atoms with Crippen LogP contribution in [0.1, 0.15) is 24.3 Å². The van der Waals surface area contributed by atoms with E-state index in [1.807, 2.05) is 0 Å². The molecule has 2 heterocycles. The smallest absolute Gasteiger partial charge is 0.141 e. The number of nitrogens with two attached hydrogens (primary N) is 1. The molecule has 0 aromatic carbocycles. The van der Waals surface area contributed by atoms with Crippen molar-refractivity contribution in [2.24, 2.45) is 11.7 Å². The molecule has 5 heteroatoms. The van der Waals surface area contributed by atoms with Crippen LogP contribution in [0.3, 0.4) is 0 Å². The third-order valence-electron chi connectivity index (χ3n) is 3.23. The van der Waals surface area contributed by atoms with E-state index in [1.165, 1.54) is 15.8 Å². The van der Waals surface area contributed by atoms with E-state index >= 15 is 0 Å². The average Bonchev–Trinajstić information content (AvgIpc) is 2.64. The molecule has 0 spiro atoms. The minimum atomic E-state index is 0.580. The summed E-state index contributed by atoms with van der Waals surface area (Å²) in [7, 11) is 0. The van der Waals surface area contributed by atoms with Gasteiger partial charge < -0.3 is 10.6 Å². The highest BCUT2D eigenvalue weighted by atomic mass is 32.1. The van der Waals surface area contributed by atoms with Gasteiger partial charge in [0.1, 0.15) is 17.0 Å². The molecule has 0 unspecified atom stereocenters. The Labute approximate surface area is 118 Å². The lowest BCUT2D eigenvalue weighted by Gasteiger charge is -2.25. The number of rotatable bonds is 5. The largest absolute Gasteiger partial charge is 0.354 e. The van der Waals surface area contributed by atoms with Crippen LogP contribution in [0.4, 0.5) is 5.82 Å². The maximum absolute atomic E-state index is 5.75. The van der Waals surface area contributed by atoms with E-state index in [4.69, 9.17) is 5.73 Å². The molecule has 0 bridgehead atoms. The van der Waals surface area contributed by atoms with Crippen LogP contribution >= 0.6 is 11.3 Å². The molecule has 0 radical (unpaired) electrons. The van der Waals surface area contributed by atoms with Gasteiger partial charge in [-0.15, -0.1) is 11.3 Å². The number of hydrogen-bond donors (Lipinski definition) is 1. The summed E-state index contributed by atoms with van der Waals surface area (Å²) in [4.78, 5) is 13.6. The molecule has 19 heavy (non-hydrogen) atoms. The molecule has 0 saturated carbocycles. The quantitative estimate of drug-likeness (QED) is 0.913. The van der Waals surface area contributed by atoms with E-state index in [-0.39, 0.29) is 0 Å². The topological polar surface area (TPSA) is 55.0 Å². The molecule has 0 amide bonds. The van der Waals surface area contributed by atoms with Gasteiger partial charge >= 0.3 is 0 Å². The molecule has 104 valence electrons. The highest BCUT2D eigenvalue weighted by Crippen LogP contribution is 2.34. The van der Waals surface area contributed by atoms with E-state index < -0.39 is 0 Å². The van der Waals surface area contributed by atoms with Gasteiger partial charge in [-0.25, -0.2) is 9.97 Å². The fraction of sp³-hybridized carbons (Fsp3) is 0.571. The van der Waals surface area contributed by atoms with E-state index in [0.717, 1.165) is 23.7 Å². The molecular formula is C14H22N4S. The van der Waals surface area contributed by atoms with Crippen LogP contribution in [0.25, 0.3) is 10.2 Å². The molecule has 2 aromatic rings. The number of thiophene rings is 1. The lowest BCUT2D eigenvalue weighted by Crippen LogP contribution is -2.33. The standard InChI is InChI=1S/C14H22N4S/c1-9(2)7-18(6-5-15)13-12-10(3)11(4)19-14(12)17-8-16-13/h8-9H,5-7,15H2,1-4H3. The second-order valence-corrected chi connectivity index (χ2v) is 6.49. The Balaban J connectivity index is 2.52. The van der Waals surface area contributed by atoms with Gasteiger partial charge in [0.05, 0.1) is 5.39 Å². The number of nitrogens with zero attached hydrogens (tertiary/aromatic N) is 3. The van der Waals surface area contributed by atoms with Crippen LogP contribution in [0.5, 0.6) is 0 Å². The number of aromatic nitrogens is 2. The molecule has 0 aliphatic rings. The summed E-state index contributed by atoms with van der Waals surface area (Å²) in [6, 6.07) is 0. The summed E-state index contributed by atoms with van der Waals surface area (Å²) in [5.74, 6) is 1.61. The van der Waals surface area contributed by atoms with Gasteiger partial charge in [-0.2, -0.15) is 0 Å². The molecule has 0 aliphatic carbocycles. The fourth-order valence-electron chi connectivity index (χ4n) is 2.28. The first-order valence-corrected chi connectivity index (χ1v) is 7.52. The van der Waals surface area contributed by atoms with Crippen LogP contribution < -0.4 is 10.6 Å². The first kappa shape index (κ1) is 14.2. The maximum Gasteiger partial charge on any atom is 0.141 e. The van der Waals surface area contributed by atoms with Gasteiger partial charge in [-0.05, 0) is 25.3 Å². The Morgan fingerprint density at radius 1 is 1.32 bits per heavy atom.